The lowest BCUT2D eigenvalue weighted by Crippen LogP contribution is -2.19. The molecule has 0 aliphatic carbocycles. The van der Waals surface area contributed by atoms with E-state index in [1.165, 1.54) is 19.2 Å². The van der Waals surface area contributed by atoms with Crippen molar-refractivity contribution >= 4 is 21.6 Å². The van der Waals surface area contributed by atoms with Gasteiger partial charge in [-0.05, 0) is 49.6 Å². The van der Waals surface area contributed by atoms with Crippen molar-refractivity contribution in [2.75, 3.05) is 12.4 Å². The lowest BCUT2D eigenvalue weighted by Gasteiger charge is -2.14. The van der Waals surface area contributed by atoms with E-state index >= 15 is 0 Å². The Morgan fingerprint density at radius 2 is 1.86 bits per heavy atom. The van der Waals surface area contributed by atoms with Gasteiger partial charge >= 0.3 is 0 Å². The molecule has 0 radical (unpaired) electrons. The fraction of sp³-hybridized carbons (Fsp3) is 0.381. The van der Waals surface area contributed by atoms with Gasteiger partial charge in [0.15, 0.2) is 0 Å². The molecule has 0 aliphatic heterocycles. The summed E-state index contributed by atoms with van der Waals surface area (Å²) < 4.78 is 33.7. The third kappa shape index (κ3) is 4.30. The minimum atomic E-state index is -3.84. The van der Waals surface area contributed by atoms with Crippen LogP contribution in [-0.2, 0) is 21.2 Å². The number of nitrogens with one attached hydrogen (secondary N) is 1. The Hall–Kier alpha value is -2.54. The molecule has 28 heavy (non-hydrogen) atoms. The van der Waals surface area contributed by atoms with Gasteiger partial charge in [0.25, 0.3) is 0 Å². The molecule has 1 heterocycles. The fourth-order valence-corrected chi connectivity index (χ4v) is 4.77. The smallest absolute Gasteiger partial charge is 0.225 e. The van der Waals surface area contributed by atoms with Gasteiger partial charge < -0.3 is 14.6 Å². The van der Waals surface area contributed by atoms with E-state index in [0.717, 1.165) is 5.69 Å². The van der Waals surface area contributed by atoms with E-state index in [2.05, 4.69) is 11.9 Å². The van der Waals surface area contributed by atoms with Crippen LogP contribution < -0.4 is 10.1 Å². The lowest BCUT2D eigenvalue weighted by atomic mass is 10.1. The standard InChI is InChI=1S/C21H28N2O4S/c1-7-12-23-16(5)15(4)20(21(23)22-19(24)13-14(2)3)28(25,26)18-10-8-17(27-6)9-11-18/h7-11,14H,1,12-13H2,2-6H3,(H,22,24). The summed E-state index contributed by atoms with van der Waals surface area (Å²) in [6, 6.07) is 6.22. The van der Waals surface area contributed by atoms with Crippen molar-refractivity contribution in [1.29, 1.82) is 0 Å². The maximum Gasteiger partial charge on any atom is 0.225 e. The van der Waals surface area contributed by atoms with Crippen LogP contribution in [0.3, 0.4) is 0 Å². The number of sulfone groups is 1. The summed E-state index contributed by atoms with van der Waals surface area (Å²) in [5.41, 5.74) is 1.38. The largest absolute Gasteiger partial charge is 0.497 e. The number of carbonyl (C=O) groups is 1. The average Bonchev–Trinajstić information content (AvgIpc) is 2.86. The number of allylic oxidation sites excluding steroid dienone is 1. The number of hydrogen-bond acceptors (Lipinski definition) is 4. The summed E-state index contributed by atoms with van der Waals surface area (Å²) in [5.74, 6) is 0.800. The van der Waals surface area contributed by atoms with E-state index in [1.807, 2.05) is 20.8 Å². The topological polar surface area (TPSA) is 77.4 Å². The van der Waals surface area contributed by atoms with Gasteiger partial charge in [0.05, 0.1) is 12.0 Å². The molecule has 0 unspecified atom stereocenters. The Morgan fingerprint density at radius 3 is 2.36 bits per heavy atom. The normalized spacial score (nSPS) is 11.5. The molecule has 152 valence electrons. The number of methoxy groups -OCH3 is 1. The van der Waals surface area contributed by atoms with Gasteiger partial charge in [-0.15, -0.1) is 6.58 Å². The van der Waals surface area contributed by atoms with Crippen LogP contribution in [0.25, 0.3) is 0 Å². The number of nitrogens with zero attached hydrogens (tertiary/aromatic N) is 1. The summed E-state index contributed by atoms with van der Waals surface area (Å²) in [7, 11) is -2.32. The molecule has 2 rings (SSSR count). The van der Waals surface area contributed by atoms with Crippen LogP contribution in [0.4, 0.5) is 5.82 Å². The summed E-state index contributed by atoms with van der Waals surface area (Å²) >= 11 is 0. The molecule has 7 heteroatoms. The summed E-state index contributed by atoms with van der Waals surface area (Å²) in [6.07, 6.45) is 1.98. The second kappa shape index (κ2) is 8.65. The minimum absolute atomic E-state index is 0.120. The predicted octanol–water partition coefficient (Wildman–Crippen LogP) is 4.12. The Balaban J connectivity index is 2.65. The van der Waals surface area contributed by atoms with Crippen molar-refractivity contribution in [2.45, 2.75) is 50.5 Å². The number of amides is 1. The number of hydrogen-bond donors (Lipinski definition) is 1. The van der Waals surface area contributed by atoms with Crippen LogP contribution in [-0.4, -0.2) is 26.0 Å². The Kier molecular flexibility index (Phi) is 6.72. The molecule has 2 aromatic rings. The van der Waals surface area contributed by atoms with Gasteiger partial charge in [0.1, 0.15) is 16.5 Å². The molecular weight excluding hydrogens is 376 g/mol. The van der Waals surface area contributed by atoms with Crippen LogP contribution in [0.5, 0.6) is 5.75 Å². The van der Waals surface area contributed by atoms with E-state index in [0.29, 0.717) is 24.3 Å². The molecule has 0 aliphatic rings. The van der Waals surface area contributed by atoms with Gasteiger partial charge in [-0.1, -0.05) is 19.9 Å². The first-order valence-electron chi connectivity index (χ1n) is 9.13. The van der Waals surface area contributed by atoms with Crippen molar-refractivity contribution < 1.29 is 17.9 Å². The van der Waals surface area contributed by atoms with Gasteiger partial charge in [-0.25, -0.2) is 8.42 Å². The zero-order valence-electron chi connectivity index (χ0n) is 17.1. The molecule has 0 spiro atoms. The quantitative estimate of drug-likeness (QED) is 0.672. The molecule has 1 N–H and O–H groups in total. The first kappa shape index (κ1) is 21.8. The lowest BCUT2D eigenvalue weighted by molar-refractivity contribution is -0.116. The van der Waals surface area contributed by atoms with Gasteiger partial charge in [-0.2, -0.15) is 0 Å². The molecule has 0 bridgehead atoms. The highest BCUT2D eigenvalue weighted by molar-refractivity contribution is 7.91. The molecule has 1 amide bonds. The van der Waals surface area contributed by atoms with Crippen molar-refractivity contribution in [3.05, 3.63) is 48.2 Å². The van der Waals surface area contributed by atoms with E-state index in [1.54, 1.807) is 29.7 Å². The second-order valence-corrected chi connectivity index (χ2v) is 9.00. The average molecular weight is 405 g/mol. The zero-order chi connectivity index (χ0) is 21.1. The summed E-state index contributed by atoms with van der Waals surface area (Å²) in [5, 5.41) is 2.83. The number of ether oxygens (including phenoxy) is 1. The van der Waals surface area contributed by atoms with Crippen LogP contribution in [0.15, 0.2) is 46.7 Å². The number of anilines is 1. The fourth-order valence-electron chi connectivity index (χ4n) is 3.07. The minimum Gasteiger partial charge on any atom is -0.497 e. The van der Waals surface area contributed by atoms with Crippen LogP contribution in [0, 0.1) is 19.8 Å². The zero-order valence-corrected chi connectivity index (χ0v) is 17.9. The van der Waals surface area contributed by atoms with Gasteiger partial charge in [0, 0.05) is 18.7 Å². The number of aromatic nitrogens is 1. The molecule has 0 atom stereocenters. The molecule has 0 saturated carbocycles. The summed E-state index contributed by atoms with van der Waals surface area (Å²) in [4.78, 5) is 12.7. The number of rotatable bonds is 8. The van der Waals surface area contributed by atoms with Crippen molar-refractivity contribution in [3.8, 4) is 5.75 Å². The second-order valence-electron chi connectivity index (χ2n) is 7.11. The molecule has 1 aromatic heterocycles. The van der Waals surface area contributed by atoms with E-state index < -0.39 is 9.84 Å². The van der Waals surface area contributed by atoms with Crippen molar-refractivity contribution in [2.24, 2.45) is 5.92 Å². The van der Waals surface area contributed by atoms with Gasteiger partial charge in [0.2, 0.25) is 15.7 Å². The van der Waals surface area contributed by atoms with Crippen molar-refractivity contribution in [3.63, 3.8) is 0 Å². The predicted molar refractivity (Wildman–Crippen MR) is 111 cm³/mol. The molecule has 6 nitrogen and oxygen atoms in total. The maximum absolute atomic E-state index is 13.4. The van der Waals surface area contributed by atoms with Crippen LogP contribution >= 0.6 is 0 Å². The van der Waals surface area contributed by atoms with Crippen LogP contribution in [0.2, 0.25) is 0 Å². The number of carbonyl (C=O) groups excluding carboxylic acids is 1. The van der Waals surface area contributed by atoms with Gasteiger partial charge in [-0.3, -0.25) is 4.79 Å². The Labute approximate surface area is 167 Å². The highest BCUT2D eigenvalue weighted by Gasteiger charge is 2.30. The maximum atomic E-state index is 13.4. The third-order valence-electron chi connectivity index (χ3n) is 4.57. The molecular formula is C21H28N2O4S. The van der Waals surface area contributed by atoms with E-state index in [4.69, 9.17) is 4.74 Å². The summed E-state index contributed by atoms with van der Waals surface area (Å²) in [6.45, 7) is 11.6. The third-order valence-corrected chi connectivity index (χ3v) is 6.50. The Morgan fingerprint density at radius 1 is 1.25 bits per heavy atom. The highest BCUT2D eigenvalue weighted by atomic mass is 32.2. The number of benzene rings is 1. The Bertz CT molecular complexity index is 971. The monoisotopic (exact) mass is 404 g/mol. The van der Waals surface area contributed by atoms with E-state index in [-0.39, 0.29) is 27.4 Å². The SMILES string of the molecule is C=CCn1c(C)c(C)c(S(=O)(=O)c2ccc(OC)cc2)c1NC(=O)CC(C)C. The van der Waals surface area contributed by atoms with Crippen molar-refractivity contribution in [1.82, 2.24) is 4.57 Å². The first-order valence-corrected chi connectivity index (χ1v) is 10.6. The molecule has 1 aromatic carbocycles. The van der Waals surface area contributed by atoms with Crippen LogP contribution in [0.1, 0.15) is 31.5 Å². The van der Waals surface area contributed by atoms with E-state index in [9.17, 15) is 13.2 Å². The molecule has 0 fully saturated rings. The first-order chi connectivity index (χ1) is 13.1. The highest BCUT2D eigenvalue weighted by Crippen LogP contribution is 2.36. The molecule has 0 saturated heterocycles.